The number of hydrogen-bond acceptors (Lipinski definition) is 1. The number of anilines is 1. The van der Waals surface area contributed by atoms with Gasteiger partial charge in [0.25, 0.3) is 0 Å². The molecule has 1 aromatic rings. The fraction of sp³-hybridized carbons (Fsp3) is 0. The molecule has 0 fully saturated rings. The molecule has 0 saturated carbocycles. The van der Waals surface area contributed by atoms with Gasteiger partial charge in [-0.25, -0.2) is 8.78 Å². The number of amides is 1. The first-order valence-corrected chi connectivity index (χ1v) is 3.37. The maximum absolute atomic E-state index is 12.6. The Bertz CT molecular complexity index is 317. The van der Waals surface area contributed by atoms with Gasteiger partial charge in [0.2, 0.25) is 6.41 Å². The number of carbonyl (C=O) groups excluding carboxylic acids is 1. The number of hydrogen-bond donors (Lipinski definition) is 1. The summed E-state index contributed by atoms with van der Waals surface area (Å²) in [4.78, 5) is 9.93. The SMILES string of the molecule is O=CNc1cc(F)cc(F)c1Cl. The summed E-state index contributed by atoms with van der Waals surface area (Å²) in [6, 6.07) is 1.57. The maximum atomic E-state index is 12.6. The summed E-state index contributed by atoms with van der Waals surface area (Å²) < 4.78 is 25.1. The summed E-state index contributed by atoms with van der Waals surface area (Å²) in [7, 11) is 0. The van der Waals surface area contributed by atoms with E-state index in [0.29, 0.717) is 12.5 Å². The Morgan fingerprint density at radius 3 is 2.67 bits per heavy atom. The van der Waals surface area contributed by atoms with Gasteiger partial charge in [-0.15, -0.1) is 0 Å². The van der Waals surface area contributed by atoms with Gasteiger partial charge >= 0.3 is 0 Å². The molecule has 1 N–H and O–H groups in total. The summed E-state index contributed by atoms with van der Waals surface area (Å²) in [5.41, 5.74) is -0.0795. The van der Waals surface area contributed by atoms with Gasteiger partial charge in [-0.1, -0.05) is 11.6 Å². The molecule has 0 aliphatic rings. The molecule has 12 heavy (non-hydrogen) atoms. The van der Waals surface area contributed by atoms with Crippen molar-refractivity contribution in [1.29, 1.82) is 0 Å². The van der Waals surface area contributed by atoms with Crippen LogP contribution in [0.4, 0.5) is 14.5 Å². The predicted octanol–water partition coefficient (Wildman–Crippen LogP) is 2.19. The second kappa shape index (κ2) is 3.49. The van der Waals surface area contributed by atoms with Crippen LogP contribution in [0.5, 0.6) is 0 Å². The lowest BCUT2D eigenvalue weighted by Crippen LogP contribution is -1.96. The van der Waals surface area contributed by atoms with Crippen molar-refractivity contribution in [1.82, 2.24) is 0 Å². The Kier molecular flexibility index (Phi) is 2.60. The Hall–Kier alpha value is -1.16. The standard InChI is InChI=1S/C7H4ClF2NO/c8-7-5(10)1-4(9)2-6(7)11-3-12/h1-3H,(H,11,12). The lowest BCUT2D eigenvalue weighted by molar-refractivity contribution is -0.105. The van der Waals surface area contributed by atoms with E-state index in [2.05, 4.69) is 5.32 Å². The molecule has 0 aliphatic heterocycles. The summed E-state index contributed by atoms with van der Waals surface area (Å²) in [6.07, 6.45) is 0.292. The quantitative estimate of drug-likeness (QED) is 0.564. The van der Waals surface area contributed by atoms with Crippen LogP contribution < -0.4 is 5.32 Å². The van der Waals surface area contributed by atoms with Crippen LogP contribution in [0.3, 0.4) is 0 Å². The molecule has 0 atom stereocenters. The number of carbonyl (C=O) groups is 1. The fourth-order valence-electron chi connectivity index (χ4n) is 0.725. The maximum Gasteiger partial charge on any atom is 0.211 e. The lowest BCUT2D eigenvalue weighted by atomic mass is 10.3. The van der Waals surface area contributed by atoms with E-state index in [-0.39, 0.29) is 10.7 Å². The number of benzene rings is 1. The van der Waals surface area contributed by atoms with Gasteiger partial charge in [-0.05, 0) is 6.07 Å². The molecular weight excluding hydrogens is 188 g/mol. The van der Waals surface area contributed by atoms with Crippen LogP contribution in [0.1, 0.15) is 0 Å². The molecule has 0 saturated heterocycles. The molecule has 0 heterocycles. The Morgan fingerprint density at radius 1 is 1.42 bits per heavy atom. The van der Waals surface area contributed by atoms with Crippen molar-refractivity contribution in [2.45, 2.75) is 0 Å². The van der Waals surface area contributed by atoms with E-state index in [4.69, 9.17) is 11.6 Å². The Morgan fingerprint density at radius 2 is 2.08 bits per heavy atom. The molecule has 0 spiro atoms. The number of rotatable bonds is 2. The van der Waals surface area contributed by atoms with Crippen molar-refractivity contribution < 1.29 is 13.6 Å². The van der Waals surface area contributed by atoms with Gasteiger partial charge in [0.15, 0.2) is 0 Å². The highest BCUT2D eigenvalue weighted by atomic mass is 35.5. The molecule has 1 rings (SSSR count). The minimum Gasteiger partial charge on any atom is -0.327 e. The van der Waals surface area contributed by atoms with E-state index < -0.39 is 11.6 Å². The van der Waals surface area contributed by atoms with Crippen molar-refractivity contribution in [2.24, 2.45) is 0 Å². The second-order valence-corrected chi connectivity index (χ2v) is 2.39. The number of nitrogens with one attached hydrogen (secondary N) is 1. The van der Waals surface area contributed by atoms with Crippen molar-refractivity contribution in [2.75, 3.05) is 5.32 Å². The third-order valence-corrected chi connectivity index (χ3v) is 1.59. The third-order valence-electron chi connectivity index (χ3n) is 1.21. The zero-order valence-electron chi connectivity index (χ0n) is 5.77. The molecule has 2 nitrogen and oxygen atoms in total. The monoisotopic (exact) mass is 191 g/mol. The van der Waals surface area contributed by atoms with Crippen LogP contribution in [-0.4, -0.2) is 6.41 Å². The second-order valence-electron chi connectivity index (χ2n) is 2.01. The average molecular weight is 192 g/mol. The van der Waals surface area contributed by atoms with Crippen LogP contribution in [0.15, 0.2) is 12.1 Å². The van der Waals surface area contributed by atoms with E-state index in [1.54, 1.807) is 0 Å². The van der Waals surface area contributed by atoms with Gasteiger partial charge < -0.3 is 5.32 Å². The first-order chi connectivity index (χ1) is 5.65. The van der Waals surface area contributed by atoms with E-state index in [1.807, 2.05) is 0 Å². The topological polar surface area (TPSA) is 29.1 Å². The molecule has 0 aromatic heterocycles. The van der Waals surface area contributed by atoms with E-state index in [0.717, 1.165) is 6.07 Å². The summed E-state index contributed by atoms with van der Waals surface area (Å²) >= 11 is 5.38. The highest BCUT2D eigenvalue weighted by Crippen LogP contribution is 2.25. The molecule has 0 unspecified atom stereocenters. The van der Waals surface area contributed by atoms with Crippen molar-refractivity contribution in [3.63, 3.8) is 0 Å². The van der Waals surface area contributed by atoms with Crippen LogP contribution >= 0.6 is 11.6 Å². The van der Waals surface area contributed by atoms with Crippen molar-refractivity contribution in [3.8, 4) is 0 Å². The first-order valence-electron chi connectivity index (χ1n) is 3.00. The van der Waals surface area contributed by atoms with Gasteiger partial charge in [0.1, 0.15) is 16.7 Å². The normalized spacial score (nSPS) is 9.58. The van der Waals surface area contributed by atoms with Gasteiger partial charge in [0, 0.05) is 6.07 Å². The molecule has 0 bridgehead atoms. The van der Waals surface area contributed by atoms with Crippen LogP contribution in [0.2, 0.25) is 5.02 Å². The van der Waals surface area contributed by atoms with E-state index in [1.165, 1.54) is 0 Å². The Labute approximate surface area is 72.1 Å². The molecule has 0 radical (unpaired) electrons. The first kappa shape index (κ1) is 8.93. The van der Waals surface area contributed by atoms with Crippen LogP contribution in [0.25, 0.3) is 0 Å². The highest BCUT2D eigenvalue weighted by molar-refractivity contribution is 6.33. The van der Waals surface area contributed by atoms with Gasteiger partial charge in [-0.3, -0.25) is 4.79 Å². The summed E-state index contributed by atoms with van der Waals surface area (Å²) in [5, 5.41) is 1.76. The molecular formula is C7H4ClF2NO. The van der Waals surface area contributed by atoms with Gasteiger partial charge in [0.05, 0.1) is 5.69 Å². The Balaban J connectivity index is 3.17. The molecule has 1 amide bonds. The highest BCUT2D eigenvalue weighted by Gasteiger charge is 2.07. The largest absolute Gasteiger partial charge is 0.327 e. The molecule has 64 valence electrons. The summed E-state index contributed by atoms with van der Waals surface area (Å²) in [5.74, 6) is -1.69. The molecule has 0 aliphatic carbocycles. The van der Waals surface area contributed by atoms with Gasteiger partial charge in [-0.2, -0.15) is 0 Å². The zero-order valence-corrected chi connectivity index (χ0v) is 6.53. The van der Waals surface area contributed by atoms with Crippen LogP contribution in [-0.2, 0) is 4.79 Å². The predicted molar refractivity (Wildman–Crippen MR) is 41.1 cm³/mol. The molecule has 1 aromatic carbocycles. The smallest absolute Gasteiger partial charge is 0.211 e. The fourth-order valence-corrected chi connectivity index (χ4v) is 0.888. The zero-order chi connectivity index (χ0) is 9.14. The van der Waals surface area contributed by atoms with Crippen molar-refractivity contribution in [3.05, 3.63) is 28.8 Å². The van der Waals surface area contributed by atoms with Crippen molar-refractivity contribution >= 4 is 23.7 Å². The minimum atomic E-state index is -0.902. The summed E-state index contributed by atoms with van der Waals surface area (Å²) in [6.45, 7) is 0. The average Bonchev–Trinajstić information content (AvgIpc) is 2.00. The lowest BCUT2D eigenvalue weighted by Gasteiger charge is -2.02. The molecule has 5 heteroatoms. The van der Waals surface area contributed by atoms with E-state index >= 15 is 0 Å². The van der Waals surface area contributed by atoms with E-state index in [9.17, 15) is 13.6 Å². The third kappa shape index (κ3) is 1.71. The number of halogens is 3. The van der Waals surface area contributed by atoms with Crippen LogP contribution in [0, 0.1) is 11.6 Å². The minimum absolute atomic E-state index is 0.0795.